The molecule has 0 saturated carbocycles. The van der Waals surface area contributed by atoms with Crippen LogP contribution in [0.3, 0.4) is 0 Å². The van der Waals surface area contributed by atoms with Crippen LogP contribution in [0.25, 0.3) is 0 Å². The van der Waals surface area contributed by atoms with E-state index in [0.29, 0.717) is 25.7 Å². The molecule has 10 nitrogen and oxygen atoms in total. The van der Waals surface area contributed by atoms with Crippen molar-refractivity contribution in [3.63, 3.8) is 0 Å². The van der Waals surface area contributed by atoms with E-state index in [1.165, 1.54) is 38.5 Å². The fourth-order valence-electron chi connectivity index (χ4n) is 4.89. The Morgan fingerprint density at radius 1 is 0.653 bits per heavy atom. The van der Waals surface area contributed by atoms with Crippen LogP contribution >= 0.6 is 7.82 Å². The largest absolute Gasteiger partial charge is 0.469 e. The highest BCUT2D eigenvalue weighted by molar-refractivity contribution is 7.46. The van der Waals surface area contributed by atoms with Gasteiger partial charge in [-0.2, -0.15) is 0 Å². The first kappa shape index (κ1) is 46.9. The van der Waals surface area contributed by atoms with Gasteiger partial charge in [-0.3, -0.25) is 14.1 Å². The molecule has 3 atom stereocenters. The Morgan fingerprint density at radius 2 is 1.16 bits per heavy atom. The summed E-state index contributed by atoms with van der Waals surface area (Å²) >= 11 is 0. The van der Waals surface area contributed by atoms with Crippen LogP contribution in [0.2, 0.25) is 0 Å². The highest BCUT2D eigenvalue weighted by atomic mass is 31.2. The number of unbranched alkanes of at least 4 members (excludes halogenated alkanes) is 10. The Morgan fingerprint density at radius 3 is 1.71 bits per heavy atom. The number of allylic oxidation sites excluding steroid dienone is 6. The maximum absolute atomic E-state index is 12.4. The third kappa shape index (κ3) is 35.6. The maximum Gasteiger partial charge on any atom is 0.469 e. The molecule has 4 N–H and O–H groups in total. The van der Waals surface area contributed by atoms with E-state index in [2.05, 4.69) is 25.3 Å². The lowest BCUT2D eigenvalue weighted by Gasteiger charge is -2.18. The van der Waals surface area contributed by atoms with Gasteiger partial charge in [0.25, 0.3) is 0 Å². The van der Waals surface area contributed by atoms with Crippen LogP contribution in [0, 0.1) is 5.92 Å². The van der Waals surface area contributed by atoms with Crippen LogP contribution < -0.4 is 0 Å². The second kappa shape index (κ2) is 31.9. The second-order valence-corrected chi connectivity index (χ2v) is 14.3. The van der Waals surface area contributed by atoms with E-state index in [4.69, 9.17) is 19.3 Å². The first-order valence-corrected chi connectivity index (χ1v) is 20.0. The van der Waals surface area contributed by atoms with Gasteiger partial charge in [0, 0.05) is 12.8 Å². The number of esters is 2. The third-order valence-corrected chi connectivity index (χ3v) is 8.22. The fourth-order valence-corrected chi connectivity index (χ4v) is 5.25. The summed E-state index contributed by atoms with van der Waals surface area (Å²) in [6.45, 7) is 5.66. The normalized spacial score (nSPS) is 14.4. The topological polar surface area (TPSA) is 160 Å². The molecule has 0 aliphatic heterocycles. The minimum Gasteiger partial charge on any atom is -0.462 e. The van der Waals surface area contributed by atoms with E-state index >= 15 is 0 Å². The van der Waals surface area contributed by atoms with Crippen molar-refractivity contribution in [3.8, 4) is 0 Å². The number of rotatable bonds is 32. The smallest absolute Gasteiger partial charge is 0.462 e. The second-order valence-electron chi connectivity index (χ2n) is 13.1. The number of ether oxygens (including phenoxy) is 2. The lowest BCUT2D eigenvalue weighted by Crippen LogP contribution is -2.29. The van der Waals surface area contributed by atoms with Gasteiger partial charge >= 0.3 is 19.8 Å². The zero-order chi connectivity index (χ0) is 36.6. The summed E-state index contributed by atoms with van der Waals surface area (Å²) in [7, 11) is -4.81. The summed E-state index contributed by atoms with van der Waals surface area (Å²) in [5, 5.41) is 20.0. The lowest BCUT2D eigenvalue weighted by atomic mass is 10.0. The van der Waals surface area contributed by atoms with E-state index in [1.807, 2.05) is 30.4 Å². The van der Waals surface area contributed by atoms with Crippen LogP contribution in [-0.4, -0.2) is 63.5 Å². The summed E-state index contributed by atoms with van der Waals surface area (Å²) in [6, 6.07) is 0. The molecule has 0 aliphatic rings. The Hall–Kier alpha value is -2.07. The van der Waals surface area contributed by atoms with Crippen LogP contribution in [0.4, 0.5) is 0 Å². The van der Waals surface area contributed by atoms with E-state index < -0.39 is 44.7 Å². The highest BCUT2D eigenvalue weighted by Gasteiger charge is 2.23. The van der Waals surface area contributed by atoms with Gasteiger partial charge in [-0.15, -0.1) is 0 Å². The molecule has 0 rings (SSSR count). The van der Waals surface area contributed by atoms with Crippen LogP contribution in [0.1, 0.15) is 143 Å². The average Bonchev–Trinajstić information content (AvgIpc) is 3.03. The predicted molar refractivity (Wildman–Crippen MR) is 196 cm³/mol. The minimum absolute atomic E-state index is 0.0370. The summed E-state index contributed by atoms with van der Waals surface area (Å²) < 4.78 is 26.1. The molecule has 49 heavy (non-hydrogen) atoms. The Labute approximate surface area is 296 Å². The van der Waals surface area contributed by atoms with Gasteiger partial charge in [-0.1, -0.05) is 146 Å². The summed E-state index contributed by atoms with van der Waals surface area (Å²) in [4.78, 5) is 42.7. The Kier molecular flexibility index (Phi) is 30.5. The first-order valence-electron chi connectivity index (χ1n) is 18.5. The van der Waals surface area contributed by atoms with Crippen molar-refractivity contribution in [2.75, 3.05) is 13.2 Å². The quantitative estimate of drug-likeness (QED) is 0.0230. The maximum atomic E-state index is 12.4. The first-order chi connectivity index (χ1) is 23.4. The monoisotopic (exact) mass is 714 g/mol. The molecule has 284 valence electrons. The molecule has 0 radical (unpaired) electrons. The van der Waals surface area contributed by atoms with Crippen molar-refractivity contribution in [1.82, 2.24) is 0 Å². The summed E-state index contributed by atoms with van der Waals surface area (Å²) in [5.41, 5.74) is 0. The van der Waals surface area contributed by atoms with Crippen LogP contribution in [0.5, 0.6) is 0 Å². The number of aliphatic hydroxyl groups is 2. The SMILES string of the molecule is CCCCC[C@@H](O)/C=C/C=C\C/C=C\C=C\[C@@H](O)CCCC(=O)O[C@H](COC(=O)CCCCCCCCCCCC(C)C)COP(=O)(O)O. The number of hydrogen-bond acceptors (Lipinski definition) is 8. The van der Waals surface area contributed by atoms with Crippen molar-refractivity contribution in [2.45, 2.75) is 161 Å². The molecule has 0 fully saturated rings. The molecular formula is C38H67O10P. The number of aliphatic hydroxyl groups excluding tert-OH is 2. The molecule has 11 heteroatoms. The van der Waals surface area contributed by atoms with E-state index in [0.717, 1.165) is 50.9 Å². The molecule has 0 aromatic carbocycles. The molecule has 0 spiro atoms. The third-order valence-electron chi connectivity index (χ3n) is 7.74. The number of phosphoric ester groups is 1. The van der Waals surface area contributed by atoms with Crippen LogP contribution in [0.15, 0.2) is 48.6 Å². The van der Waals surface area contributed by atoms with Gasteiger partial charge < -0.3 is 29.5 Å². The number of carbonyl (C=O) groups excluding carboxylic acids is 2. The summed E-state index contributed by atoms with van der Waals surface area (Å²) in [6.07, 6.45) is 29.2. The molecular weight excluding hydrogens is 647 g/mol. The van der Waals surface area contributed by atoms with Gasteiger partial charge in [-0.05, 0) is 38.0 Å². The standard InChI is InChI=1S/C38H67O10P/c1-4-5-18-25-34(39)26-20-15-11-9-12-16-21-27-35(40)28-23-30-38(42)48-36(32-47-49(43,44)45)31-46-37(41)29-22-17-13-8-6-7-10-14-19-24-33(2)3/h11-12,15-16,20-21,26-27,33-36,39-40H,4-10,13-14,17-19,22-25,28-32H2,1-3H3,(H2,43,44,45)/b15-11-,16-12-,26-20+,27-21+/t34-,35-,36-/m1/s1. The van der Waals surface area contributed by atoms with E-state index in [9.17, 15) is 24.4 Å². The van der Waals surface area contributed by atoms with Crippen molar-refractivity contribution in [3.05, 3.63) is 48.6 Å². The van der Waals surface area contributed by atoms with Crippen LogP contribution in [-0.2, 0) is 28.2 Å². The molecule has 0 heterocycles. The molecule has 0 bridgehead atoms. The minimum atomic E-state index is -4.81. The van der Waals surface area contributed by atoms with Crippen molar-refractivity contribution in [1.29, 1.82) is 0 Å². The molecule has 0 aromatic heterocycles. The zero-order valence-electron chi connectivity index (χ0n) is 30.5. The van der Waals surface area contributed by atoms with Crippen molar-refractivity contribution in [2.24, 2.45) is 5.92 Å². The van der Waals surface area contributed by atoms with E-state index in [1.54, 1.807) is 18.2 Å². The average molecular weight is 715 g/mol. The highest BCUT2D eigenvalue weighted by Crippen LogP contribution is 2.36. The van der Waals surface area contributed by atoms with E-state index in [-0.39, 0.29) is 19.4 Å². The molecule has 0 unspecified atom stereocenters. The predicted octanol–water partition coefficient (Wildman–Crippen LogP) is 8.59. The van der Waals surface area contributed by atoms with Gasteiger partial charge in [0.1, 0.15) is 6.61 Å². The summed E-state index contributed by atoms with van der Waals surface area (Å²) in [5.74, 6) is -0.345. The van der Waals surface area contributed by atoms with Gasteiger partial charge in [0.05, 0.1) is 18.8 Å². The molecule has 0 saturated heterocycles. The molecule has 0 aliphatic carbocycles. The van der Waals surface area contributed by atoms with Gasteiger partial charge in [0.15, 0.2) is 6.10 Å². The molecule has 0 aromatic rings. The Bertz CT molecular complexity index is 985. The van der Waals surface area contributed by atoms with Gasteiger partial charge in [0.2, 0.25) is 0 Å². The van der Waals surface area contributed by atoms with Gasteiger partial charge in [-0.25, -0.2) is 4.57 Å². The lowest BCUT2D eigenvalue weighted by molar-refractivity contribution is -0.161. The number of phosphoric acid groups is 1. The Balaban J connectivity index is 4.27. The van der Waals surface area contributed by atoms with Crippen molar-refractivity contribution < 1.29 is 48.2 Å². The zero-order valence-corrected chi connectivity index (χ0v) is 31.4. The van der Waals surface area contributed by atoms with Crippen molar-refractivity contribution >= 4 is 19.8 Å². The molecule has 0 amide bonds. The number of carbonyl (C=O) groups is 2. The number of hydrogen-bond donors (Lipinski definition) is 4. The fraction of sp³-hybridized carbons (Fsp3) is 0.737.